The average Bonchev–Trinajstić information content (AvgIpc) is 3.04. The number of rotatable bonds is 10. The summed E-state index contributed by atoms with van der Waals surface area (Å²) in [4.78, 5) is 18.1. The Hall–Kier alpha value is -3.91. The van der Waals surface area contributed by atoms with Crippen LogP contribution in [0.3, 0.4) is 0 Å². The second-order valence-corrected chi connectivity index (χ2v) is 14.5. The van der Waals surface area contributed by atoms with E-state index in [0.717, 1.165) is 98.3 Å². The molecule has 1 atom stereocenters. The first-order valence-electron chi connectivity index (χ1n) is 16.1. The minimum atomic E-state index is -0.204. The molecule has 2 heterocycles. The van der Waals surface area contributed by atoms with Crippen molar-refractivity contribution in [1.29, 1.82) is 0 Å². The maximum absolute atomic E-state index is 13.7. The van der Waals surface area contributed by atoms with Crippen molar-refractivity contribution in [3.63, 3.8) is 0 Å². The van der Waals surface area contributed by atoms with E-state index in [-0.39, 0.29) is 17.1 Å². The largest absolute Gasteiger partial charge is 0.494 e. The SMILES string of the molecule is CC1(C)CC(=O)C2=C(C1)Oc1ccc3ccc(OCCCNCCNc4ccnc5cc(Cl)ccc45)cc3c1C2c1ccc(Br)cc1. The number of nitrogens with zero attached hydrogens (tertiary/aromatic N) is 1. The van der Waals surface area contributed by atoms with Gasteiger partial charge in [0.25, 0.3) is 0 Å². The third-order valence-corrected chi connectivity index (χ3v) is 9.74. The predicted molar refractivity (Wildman–Crippen MR) is 194 cm³/mol. The van der Waals surface area contributed by atoms with Gasteiger partial charge in [0, 0.05) is 69.8 Å². The Labute approximate surface area is 288 Å². The number of hydrogen-bond donors (Lipinski definition) is 2. The summed E-state index contributed by atoms with van der Waals surface area (Å²) in [5, 5.41) is 10.9. The molecule has 2 N–H and O–H groups in total. The monoisotopic (exact) mass is 709 g/mol. The fourth-order valence-electron chi connectivity index (χ4n) is 6.81. The molecule has 0 saturated carbocycles. The van der Waals surface area contributed by atoms with Crippen molar-refractivity contribution in [2.45, 2.75) is 39.0 Å². The lowest BCUT2D eigenvalue weighted by Crippen LogP contribution is -2.33. The van der Waals surface area contributed by atoms with Gasteiger partial charge in [-0.25, -0.2) is 0 Å². The number of benzene rings is 4. The van der Waals surface area contributed by atoms with Crippen LogP contribution < -0.4 is 20.1 Å². The molecule has 7 rings (SSSR count). The Morgan fingerprint density at radius 1 is 0.957 bits per heavy atom. The van der Waals surface area contributed by atoms with Crippen LogP contribution in [0, 0.1) is 5.41 Å². The highest BCUT2D eigenvalue weighted by Gasteiger charge is 2.42. The standard InChI is InChI=1S/C39H37BrClN3O3/c1-39(2)22-33(45)38-35(23-39)47-34-13-7-24-6-11-28(21-30(24)37(34)36(38)25-4-8-26(40)9-5-25)46-19-3-15-42-17-18-44-31-14-16-43-32-20-27(41)10-12-29(31)32/h4-14,16,20-21,36,42H,3,15,17-19,22-23H2,1-2H3,(H,43,44). The molecule has 5 aromatic rings. The van der Waals surface area contributed by atoms with Gasteiger partial charge >= 0.3 is 0 Å². The highest BCUT2D eigenvalue weighted by Crippen LogP contribution is 2.52. The van der Waals surface area contributed by atoms with Gasteiger partial charge in [-0.2, -0.15) is 0 Å². The van der Waals surface area contributed by atoms with E-state index >= 15 is 0 Å². The molecule has 0 spiro atoms. The topological polar surface area (TPSA) is 72.5 Å². The second-order valence-electron chi connectivity index (χ2n) is 13.1. The first kappa shape index (κ1) is 31.7. The molecule has 0 amide bonds. The normalized spacial score (nSPS) is 16.9. The van der Waals surface area contributed by atoms with Gasteiger partial charge in [0.05, 0.1) is 12.1 Å². The molecule has 1 aliphatic carbocycles. The Kier molecular flexibility index (Phi) is 8.97. The molecule has 8 heteroatoms. The highest BCUT2D eigenvalue weighted by atomic mass is 79.9. The zero-order chi connectivity index (χ0) is 32.5. The molecule has 0 radical (unpaired) electrons. The summed E-state index contributed by atoms with van der Waals surface area (Å²) >= 11 is 9.70. The van der Waals surface area contributed by atoms with Gasteiger partial charge in [-0.1, -0.05) is 65.6 Å². The molecule has 0 saturated heterocycles. The van der Waals surface area contributed by atoms with E-state index in [0.29, 0.717) is 18.1 Å². The third-order valence-electron chi connectivity index (χ3n) is 8.98. The van der Waals surface area contributed by atoms with Gasteiger partial charge in [-0.05, 0) is 89.3 Å². The lowest BCUT2D eigenvalue weighted by Gasteiger charge is -2.38. The van der Waals surface area contributed by atoms with Crippen LogP contribution >= 0.6 is 27.5 Å². The van der Waals surface area contributed by atoms with Crippen LogP contribution in [0.1, 0.15) is 50.2 Å². The van der Waals surface area contributed by atoms with Gasteiger partial charge < -0.3 is 20.1 Å². The van der Waals surface area contributed by atoms with Crippen molar-refractivity contribution in [3.8, 4) is 11.5 Å². The number of fused-ring (bicyclic) bond motifs is 4. The van der Waals surface area contributed by atoms with E-state index in [4.69, 9.17) is 21.1 Å². The number of anilines is 1. The van der Waals surface area contributed by atoms with Gasteiger partial charge in [-0.15, -0.1) is 0 Å². The van der Waals surface area contributed by atoms with E-state index < -0.39 is 0 Å². The van der Waals surface area contributed by atoms with Crippen LogP contribution in [-0.2, 0) is 4.79 Å². The van der Waals surface area contributed by atoms with E-state index in [9.17, 15) is 4.79 Å². The second kappa shape index (κ2) is 13.3. The summed E-state index contributed by atoms with van der Waals surface area (Å²) in [5.74, 6) is 2.39. The van der Waals surface area contributed by atoms with Gasteiger partial charge in [0.2, 0.25) is 0 Å². The number of carbonyl (C=O) groups is 1. The number of ketones is 1. The summed E-state index contributed by atoms with van der Waals surface area (Å²) in [7, 11) is 0. The molecule has 0 fully saturated rings. The number of pyridine rings is 1. The van der Waals surface area contributed by atoms with Crippen LogP contribution in [0.5, 0.6) is 11.5 Å². The minimum Gasteiger partial charge on any atom is -0.494 e. The van der Waals surface area contributed by atoms with Crippen LogP contribution in [-0.4, -0.2) is 37.0 Å². The van der Waals surface area contributed by atoms with Crippen molar-refractivity contribution in [3.05, 3.63) is 117 Å². The number of halogens is 2. The Morgan fingerprint density at radius 2 is 1.79 bits per heavy atom. The van der Waals surface area contributed by atoms with Gasteiger partial charge in [-0.3, -0.25) is 9.78 Å². The van der Waals surface area contributed by atoms with Gasteiger partial charge in [0.15, 0.2) is 5.78 Å². The summed E-state index contributed by atoms with van der Waals surface area (Å²) in [5.41, 5.74) is 4.70. The molecule has 6 nitrogen and oxygen atoms in total. The van der Waals surface area contributed by atoms with Crippen LogP contribution in [0.25, 0.3) is 21.7 Å². The molecule has 1 aromatic heterocycles. The number of carbonyl (C=O) groups excluding carboxylic acids is 1. The Bertz CT molecular complexity index is 2010. The Balaban J connectivity index is 1.02. The average molecular weight is 711 g/mol. The van der Waals surface area contributed by atoms with Crippen LogP contribution in [0.2, 0.25) is 5.02 Å². The summed E-state index contributed by atoms with van der Waals surface area (Å²) in [6.45, 7) is 7.32. The molecule has 4 aromatic carbocycles. The zero-order valence-corrected chi connectivity index (χ0v) is 28.9. The van der Waals surface area contributed by atoms with E-state index in [2.05, 4.69) is 75.7 Å². The van der Waals surface area contributed by atoms with Crippen molar-refractivity contribution >= 4 is 60.7 Å². The lowest BCUT2D eigenvalue weighted by molar-refractivity contribution is -0.118. The molecule has 240 valence electrons. The summed E-state index contributed by atoms with van der Waals surface area (Å²) in [6, 6.07) is 26.4. The third kappa shape index (κ3) is 6.75. The molecule has 1 unspecified atom stereocenters. The quantitative estimate of drug-likeness (QED) is 0.141. The molecule has 47 heavy (non-hydrogen) atoms. The number of ether oxygens (including phenoxy) is 2. The smallest absolute Gasteiger partial charge is 0.163 e. The lowest BCUT2D eigenvalue weighted by atomic mass is 9.69. The predicted octanol–water partition coefficient (Wildman–Crippen LogP) is 9.44. The van der Waals surface area contributed by atoms with E-state index in [1.807, 2.05) is 48.5 Å². The number of nitrogens with one attached hydrogen (secondary N) is 2. The number of allylic oxidation sites excluding steroid dienone is 2. The fraction of sp³-hybridized carbons (Fsp3) is 0.282. The number of hydrogen-bond acceptors (Lipinski definition) is 6. The highest BCUT2D eigenvalue weighted by molar-refractivity contribution is 9.10. The number of Topliss-reactive ketones (excluding diaryl/α,β-unsaturated/α-hetero) is 1. The summed E-state index contributed by atoms with van der Waals surface area (Å²) < 4.78 is 13.8. The van der Waals surface area contributed by atoms with E-state index in [1.54, 1.807) is 6.20 Å². The minimum absolute atomic E-state index is 0.134. The first-order chi connectivity index (χ1) is 22.8. The molecule has 2 aliphatic rings. The zero-order valence-electron chi connectivity index (χ0n) is 26.5. The van der Waals surface area contributed by atoms with Crippen molar-refractivity contribution < 1.29 is 14.3 Å². The van der Waals surface area contributed by atoms with Crippen molar-refractivity contribution in [1.82, 2.24) is 10.3 Å². The van der Waals surface area contributed by atoms with Crippen LogP contribution in [0.4, 0.5) is 5.69 Å². The van der Waals surface area contributed by atoms with Crippen LogP contribution in [0.15, 0.2) is 101 Å². The van der Waals surface area contributed by atoms with Crippen molar-refractivity contribution in [2.75, 3.05) is 31.6 Å². The molecular formula is C39H37BrClN3O3. The Morgan fingerprint density at radius 3 is 2.64 bits per heavy atom. The maximum Gasteiger partial charge on any atom is 0.163 e. The van der Waals surface area contributed by atoms with E-state index in [1.165, 1.54) is 0 Å². The molecular weight excluding hydrogens is 674 g/mol. The fourth-order valence-corrected chi connectivity index (χ4v) is 7.24. The van der Waals surface area contributed by atoms with Gasteiger partial charge in [0.1, 0.15) is 17.3 Å². The maximum atomic E-state index is 13.7. The summed E-state index contributed by atoms with van der Waals surface area (Å²) in [6.07, 6.45) is 3.92. The first-order valence-corrected chi connectivity index (χ1v) is 17.3. The van der Waals surface area contributed by atoms with Crippen molar-refractivity contribution in [2.24, 2.45) is 5.41 Å². The number of aromatic nitrogens is 1. The molecule has 1 aliphatic heterocycles. The molecule has 0 bridgehead atoms.